The third kappa shape index (κ3) is 3.83. The van der Waals surface area contributed by atoms with Crippen molar-refractivity contribution in [2.45, 2.75) is 12.2 Å². The molecule has 0 saturated heterocycles. The molecule has 0 radical (unpaired) electrons. The molecular weight excluding hydrogens is 180 g/mol. The molecule has 0 aromatic rings. The van der Waals surface area contributed by atoms with Gasteiger partial charge in [-0.25, -0.2) is 0 Å². The van der Waals surface area contributed by atoms with Gasteiger partial charge < -0.3 is 26.3 Å². The Hall–Kier alpha value is -1.18. The third-order valence-corrected chi connectivity index (χ3v) is 1.33. The van der Waals surface area contributed by atoms with E-state index in [0.717, 1.165) is 0 Å². The Morgan fingerprint density at radius 3 is 1.38 bits per heavy atom. The summed E-state index contributed by atoms with van der Waals surface area (Å²) < 4.78 is 0. The monoisotopic (exact) mass is 194 g/mol. The Balaban J connectivity index is 0. The highest BCUT2D eigenvalue weighted by Crippen LogP contribution is 1.92. The van der Waals surface area contributed by atoms with E-state index >= 15 is 0 Å². The van der Waals surface area contributed by atoms with Crippen molar-refractivity contribution in [3.05, 3.63) is 0 Å². The van der Waals surface area contributed by atoms with E-state index in [9.17, 15) is 9.59 Å². The number of aliphatic hydroxyl groups excluding tert-OH is 2. The van der Waals surface area contributed by atoms with Crippen molar-refractivity contribution in [3.8, 4) is 0 Å². The summed E-state index contributed by atoms with van der Waals surface area (Å²) in [6, 6.07) is 0. The molecule has 0 unspecified atom stereocenters. The molecule has 6 N–H and O–H groups in total. The van der Waals surface area contributed by atoms with Gasteiger partial charge in [0.25, 0.3) is 11.8 Å². The van der Waals surface area contributed by atoms with E-state index in [1.54, 1.807) is 0 Å². The van der Waals surface area contributed by atoms with Gasteiger partial charge in [-0.15, -0.1) is 0 Å². The predicted molar refractivity (Wildman–Crippen MR) is 43.8 cm³/mol. The lowest BCUT2D eigenvalue weighted by Crippen LogP contribution is -2.47. The second-order valence-electron chi connectivity index (χ2n) is 2.12. The van der Waals surface area contributed by atoms with Gasteiger partial charge in [-0.3, -0.25) is 9.59 Å². The second-order valence-corrected chi connectivity index (χ2v) is 2.12. The Kier molecular flexibility index (Phi) is 7.01. The molecule has 0 heterocycles. The summed E-state index contributed by atoms with van der Waals surface area (Å²) in [5, 5.41) is 22.1. The first-order chi connectivity index (χ1) is 5.54. The van der Waals surface area contributed by atoms with E-state index in [1.807, 2.05) is 0 Å². The number of hydrogen-bond donors (Lipinski definition) is 4. The number of rotatable bonds is 3. The Labute approximate surface area is 75.1 Å². The number of aliphatic hydroxyl groups is 2. The van der Waals surface area contributed by atoms with Crippen LogP contribution in [0.3, 0.4) is 0 Å². The second kappa shape index (κ2) is 6.35. The zero-order valence-electron chi connectivity index (χ0n) is 7.37. The van der Waals surface area contributed by atoms with E-state index < -0.39 is 24.0 Å². The minimum absolute atomic E-state index is 0. The molecule has 13 heavy (non-hydrogen) atoms. The zero-order valence-corrected chi connectivity index (χ0v) is 7.37. The summed E-state index contributed by atoms with van der Waals surface area (Å²) in [4.78, 5) is 21.3. The smallest absolute Gasteiger partial charge is 0.251 e. The van der Waals surface area contributed by atoms with Gasteiger partial charge in [0.05, 0.1) is 0 Å². The van der Waals surface area contributed by atoms with Gasteiger partial charge in [0, 0.05) is 14.1 Å². The number of likely N-dealkylation sites (N-methyl/N-ethyl adjacent to an activating group) is 2. The summed E-state index contributed by atoms with van der Waals surface area (Å²) in [6.07, 6.45) is -3.45. The number of nitrogens with one attached hydrogen (secondary N) is 2. The van der Waals surface area contributed by atoms with Crippen LogP contribution in [-0.2, 0) is 9.59 Å². The lowest BCUT2D eigenvalue weighted by molar-refractivity contribution is -0.145. The number of carbonyl (C=O) groups is 2. The molecule has 0 bridgehead atoms. The van der Waals surface area contributed by atoms with Crippen LogP contribution in [0.1, 0.15) is 0 Å². The molecule has 2 amide bonds. The van der Waals surface area contributed by atoms with E-state index in [1.165, 1.54) is 14.1 Å². The summed E-state index contributed by atoms with van der Waals surface area (Å²) in [5.74, 6) is -1.60. The molecule has 7 heteroatoms. The fourth-order valence-electron chi connectivity index (χ4n) is 0.583. The molecule has 0 spiro atoms. The molecule has 0 aliphatic carbocycles. The molecule has 0 saturated carbocycles. The topological polar surface area (TPSA) is 130 Å². The van der Waals surface area contributed by atoms with Crippen LogP contribution < -0.4 is 10.6 Å². The maximum atomic E-state index is 10.7. The molecule has 0 aromatic heterocycles. The number of hydrogen-bond acceptors (Lipinski definition) is 4. The van der Waals surface area contributed by atoms with Crippen molar-refractivity contribution in [1.82, 2.24) is 10.6 Å². The summed E-state index contributed by atoms with van der Waals surface area (Å²) >= 11 is 0. The number of carbonyl (C=O) groups excluding carboxylic acids is 2. The van der Waals surface area contributed by atoms with Crippen LogP contribution in [-0.4, -0.2) is 53.8 Å². The van der Waals surface area contributed by atoms with Gasteiger partial charge in [-0.2, -0.15) is 0 Å². The molecule has 7 nitrogen and oxygen atoms in total. The Morgan fingerprint density at radius 1 is 1.00 bits per heavy atom. The molecule has 0 fully saturated rings. The van der Waals surface area contributed by atoms with E-state index in [0.29, 0.717) is 0 Å². The van der Waals surface area contributed by atoms with E-state index in [2.05, 4.69) is 10.6 Å². The fraction of sp³-hybridized carbons (Fsp3) is 0.667. The molecule has 0 aromatic carbocycles. The molecule has 2 atom stereocenters. The van der Waals surface area contributed by atoms with Crippen molar-refractivity contribution in [2.75, 3.05) is 14.1 Å². The van der Waals surface area contributed by atoms with Gasteiger partial charge in [0.1, 0.15) is 0 Å². The lowest BCUT2D eigenvalue weighted by atomic mass is 10.2. The van der Waals surface area contributed by atoms with Gasteiger partial charge in [-0.05, 0) is 0 Å². The van der Waals surface area contributed by atoms with Crippen molar-refractivity contribution < 1.29 is 25.3 Å². The molecule has 0 aliphatic rings. The standard InChI is InChI=1S/C6H12N2O4.H2O/c1-7-5(11)3(9)4(10)6(12)8-2;/h3-4,9-10H,1-2H3,(H,7,11)(H,8,12);1H2/t3-,4-;/m1./s1. The molecule has 0 rings (SSSR count). The quantitative estimate of drug-likeness (QED) is 0.369. The highest BCUT2D eigenvalue weighted by molar-refractivity contribution is 5.90. The minimum Gasteiger partial charge on any atom is -0.412 e. The highest BCUT2D eigenvalue weighted by atomic mass is 16.3. The van der Waals surface area contributed by atoms with Crippen LogP contribution in [0.25, 0.3) is 0 Å². The maximum Gasteiger partial charge on any atom is 0.251 e. The Bertz CT molecular complexity index is 164. The van der Waals surface area contributed by atoms with Crippen molar-refractivity contribution >= 4 is 11.8 Å². The first-order valence-electron chi connectivity index (χ1n) is 3.34. The van der Waals surface area contributed by atoms with Gasteiger partial charge in [-0.1, -0.05) is 0 Å². The van der Waals surface area contributed by atoms with Crippen molar-refractivity contribution in [3.63, 3.8) is 0 Å². The zero-order chi connectivity index (χ0) is 9.72. The van der Waals surface area contributed by atoms with Crippen LogP contribution >= 0.6 is 0 Å². The first kappa shape index (κ1) is 14.3. The van der Waals surface area contributed by atoms with Crippen molar-refractivity contribution in [1.29, 1.82) is 0 Å². The van der Waals surface area contributed by atoms with Crippen LogP contribution in [0, 0.1) is 0 Å². The Morgan fingerprint density at radius 2 is 1.23 bits per heavy atom. The summed E-state index contributed by atoms with van der Waals surface area (Å²) in [5.41, 5.74) is 0. The summed E-state index contributed by atoms with van der Waals surface area (Å²) in [7, 11) is 2.59. The first-order valence-corrected chi connectivity index (χ1v) is 3.34. The normalized spacial score (nSPS) is 13.5. The minimum atomic E-state index is -1.73. The van der Waals surface area contributed by atoms with Crippen LogP contribution in [0.15, 0.2) is 0 Å². The average Bonchev–Trinajstić information content (AvgIpc) is 2.12. The SMILES string of the molecule is CNC(=O)[C@H](O)[C@@H](O)C(=O)NC.O. The van der Waals surface area contributed by atoms with Gasteiger partial charge >= 0.3 is 0 Å². The lowest BCUT2D eigenvalue weighted by Gasteiger charge is -2.14. The molecule has 78 valence electrons. The molecule has 0 aliphatic heterocycles. The van der Waals surface area contributed by atoms with E-state index in [-0.39, 0.29) is 5.48 Å². The number of amides is 2. The van der Waals surface area contributed by atoms with Gasteiger partial charge in [0.15, 0.2) is 12.2 Å². The van der Waals surface area contributed by atoms with Gasteiger partial charge in [0.2, 0.25) is 0 Å². The maximum absolute atomic E-state index is 10.7. The molecular formula is C6H14N2O5. The van der Waals surface area contributed by atoms with Crippen LogP contribution in [0.5, 0.6) is 0 Å². The van der Waals surface area contributed by atoms with Crippen molar-refractivity contribution in [2.24, 2.45) is 0 Å². The highest BCUT2D eigenvalue weighted by Gasteiger charge is 2.28. The fourth-order valence-corrected chi connectivity index (χ4v) is 0.583. The largest absolute Gasteiger partial charge is 0.412 e. The average molecular weight is 194 g/mol. The van der Waals surface area contributed by atoms with Crippen LogP contribution in [0.2, 0.25) is 0 Å². The summed E-state index contributed by atoms with van der Waals surface area (Å²) in [6.45, 7) is 0. The van der Waals surface area contributed by atoms with E-state index in [4.69, 9.17) is 10.2 Å². The third-order valence-electron chi connectivity index (χ3n) is 1.33. The van der Waals surface area contributed by atoms with Crippen LogP contribution in [0.4, 0.5) is 0 Å². The predicted octanol–water partition coefficient (Wildman–Crippen LogP) is -3.62.